The topological polar surface area (TPSA) is 138 Å². The standard InChI is InChI=1S/C37H40N6O6/c1-42-25-31(21-33(42)36(45)38-14-15-48-18-19-49-17-16-47-3)41-37(46)34-22-30(24-43(34)2)40-35(44)28-12-10-26(11-13-28)8-9-27-20-29-6-4-5-7-32(29)39-23-27/h4-13,20-25H,14-19H2,1-3H3,(H,38,45)(H,40,44)(H,41,46)/b9-8+. The molecule has 49 heavy (non-hydrogen) atoms. The fourth-order valence-corrected chi connectivity index (χ4v) is 5.02. The summed E-state index contributed by atoms with van der Waals surface area (Å²) in [5, 5.41) is 9.56. The molecule has 0 aliphatic heterocycles. The molecular weight excluding hydrogens is 624 g/mol. The van der Waals surface area contributed by atoms with Gasteiger partial charge in [0.25, 0.3) is 17.7 Å². The number of fused-ring (bicyclic) bond motifs is 1. The Bertz CT molecular complexity index is 1930. The highest BCUT2D eigenvalue weighted by atomic mass is 16.5. The lowest BCUT2D eigenvalue weighted by atomic mass is 10.1. The van der Waals surface area contributed by atoms with Crippen LogP contribution in [0.2, 0.25) is 0 Å². The maximum absolute atomic E-state index is 13.1. The van der Waals surface area contributed by atoms with Crippen molar-refractivity contribution in [3.05, 3.63) is 113 Å². The van der Waals surface area contributed by atoms with Gasteiger partial charge < -0.3 is 39.3 Å². The van der Waals surface area contributed by atoms with Gasteiger partial charge in [-0.3, -0.25) is 19.4 Å². The number of nitrogens with zero attached hydrogens (tertiary/aromatic N) is 3. The molecular formula is C37H40N6O6. The fraction of sp³-hybridized carbons (Fsp3) is 0.243. The molecule has 0 atom stereocenters. The highest BCUT2D eigenvalue weighted by molar-refractivity contribution is 6.07. The molecule has 12 nitrogen and oxygen atoms in total. The van der Waals surface area contributed by atoms with Crippen molar-refractivity contribution < 1.29 is 28.6 Å². The second-order valence-corrected chi connectivity index (χ2v) is 11.2. The van der Waals surface area contributed by atoms with E-state index in [4.69, 9.17) is 14.2 Å². The molecule has 2 aromatic carbocycles. The molecule has 0 saturated carbocycles. The van der Waals surface area contributed by atoms with Crippen molar-refractivity contribution in [2.24, 2.45) is 14.1 Å². The van der Waals surface area contributed by atoms with Gasteiger partial charge in [-0.1, -0.05) is 42.5 Å². The predicted octanol–water partition coefficient (Wildman–Crippen LogP) is 5.00. The zero-order valence-corrected chi connectivity index (χ0v) is 27.8. The fourth-order valence-electron chi connectivity index (χ4n) is 5.02. The van der Waals surface area contributed by atoms with Crippen LogP contribution in [0.15, 0.2) is 85.3 Å². The van der Waals surface area contributed by atoms with Crippen LogP contribution in [0.25, 0.3) is 23.1 Å². The Hall–Kier alpha value is -5.56. The molecule has 0 fully saturated rings. The third kappa shape index (κ3) is 9.73. The summed E-state index contributed by atoms with van der Waals surface area (Å²) in [6, 6.07) is 20.5. The smallest absolute Gasteiger partial charge is 0.272 e. The number of aryl methyl sites for hydroxylation is 2. The van der Waals surface area contributed by atoms with Crippen molar-refractivity contribution in [1.29, 1.82) is 0 Å². The van der Waals surface area contributed by atoms with E-state index < -0.39 is 0 Å². The van der Waals surface area contributed by atoms with Crippen molar-refractivity contribution in [3.63, 3.8) is 0 Å². The summed E-state index contributed by atoms with van der Waals surface area (Å²) in [4.78, 5) is 43.3. The molecule has 3 amide bonds. The monoisotopic (exact) mass is 664 g/mol. The van der Waals surface area contributed by atoms with E-state index in [1.54, 1.807) is 67.0 Å². The van der Waals surface area contributed by atoms with E-state index in [-0.39, 0.29) is 17.7 Å². The second kappa shape index (κ2) is 17.0. The molecule has 12 heteroatoms. The Balaban J connectivity index is 1.10. The van der Waals surface area contributed by atoms with Crippen LogP contribution >= 0.6 is 0 Å². The lowest BCUT2D eigenvalue weighted by Gasteiger charge is -2.07. The molecule has 0 aliphatic carbocycles. The van der Waals surface area contributed by atoms with Gasteiger partial charge in [0.05, 0.1) is 49.9 Å². The van der Waals surface area contributed by atoms with Crippen LogP contribution in [0, 0.1) is 0 Å². The van der Waals surface area contributed by atoms with E-state index in [9.17, 15) is 14.4 Å². The van der Waals surface area contributed by atoms with E-state index in [0.29, 0.717) is 67.9 Å². The number of nitrogens with one attached hydrogen (secondary N) is 3. The number of carbonyl (C=O) groups is 3. The summed E-state index contributed by atoms with van der Waals surface area (Å²) >= 11 is 0. The number of anilines is 2. The van der Waals surface area contributed by atoms with Crippen LogP contribution < -0.4 is 16.0 Å². The quantitative estimate of drug-likeness (QED) is 0.126. The van der Waals surface area contributed by atoms with Crippen molar-refractivity contribution in [2.45, 2.75) is 0 Å². The number of carbonyl (C=O) groups excluding carboxylic acids is 3. The number of aromatic nitrogens is 3. The highest BCUT2D eigenvalue weighted by Crippen LogP contribution is 2.19. The first-order chi connectivity index (χ1) is 23.8. The summed E-state index contributed by atoms with van der Waals surface area (Å²) in [7, 11) is 5.05. The minimum atomic E-state index is -0.389. The summed E-state index contributed by atoms with van der Waals surface area (Å²) in [6.45, 7) is 2.57. The van der Waals surface area contributed by atoms with Gasteiger partial charge in [0.2, 0.25) is 0 Å². The van der Waals surface area contributed by atoms with E-state index in [2.05, 4.69) is 27.0 Å². The molecule has 254 valence electrons. The van der Waals surface area contributed by atoms with Gasteiger partial charge in [0.1, 0.15) is 11.4 Å². The summed E-state index contributed by atoms with van der Waals surface area (Å²) in [5.74, 6) is -0.983. The lowest BCUT2D eigenvalue weighted by Crippen LogP contribution is -2.29. The molecule has 0 radical (unpaired) electrons. The summed E-state index contributed by atoms with van der Waals surface area (Å²) in [6.07, 6.45) is 9.11. The Labute approximate surface area is 284 Å². The van der Waals surface area contributed by atoms with Crippen LogP contribution in [-0.4, -0.2) is 78.5 Å². The number of amides is 3. The molecule has 3 N–H and O–H groups in total. The average molecular weight is 665 g/mol. The molecule has 5 aromatic rings. The van der Waals surface area contributed by atoms with Gasteiger partial charge in [-0.05, 0) is 47.5 Å². The van der Waals surface area contributed by atoms with E-state index in [0.717, 1.165) is 22.0 Å². The zero-order chi connectivity index (χ0) is 34.6. The van der Waals surface area contributed by atoms with Gasteiger partial charge in [0, 0.05) is 57.3 Å². The molecule has 5 rings (SSSR count). The van der Waals surface area contributed by atoms with E-state index in [1.165, 1.54) is 0 Å². The maximum atomic E-state index is 13.1. The minimum absolute atomic E-state index is 0.293. The second-order valence-electron chi connectivity index (χ2n) is 11.2. The molecule has 0 bridgehead atoms. The first-order valence-electron chi connectivity index (χ1n) is 15.8. The third-order valence-electron chi connectivity index (χ3n) is 7.58. The van der Waals surface area contributed by atoms with Crippen molar-refractivity contribution in [2.75, 3.05) is 57.3 Å². The van der Waals surface area contributed by atoms with Gasteiger partial charge in [-0.15, -0.1) is 0 Å². The van der Waals surface area contributed by atoms with Gasteiger partial charge in [0.15, 0.2) is 0 Å². The zero-order valence-electron chi connectivity index (χ0n) is 27.8. The largest absolute Gasteiger partial charge is 0.382 e. The Morgan fingerprint density at radius 2 is 1.33 bits per heavy atom. The minimum Gasteiger partial charge on any atom is -0.382 e. The number of methoxy groups -OCH3 is 1. The number of benzene rings is 2. The maximum Gasteiger partial charge on any atom is 0.272 e. The van der Waals surface area contributed by atoms with Crippen LogP contribution in [-0.2, 0) is 28.3 Å². The predicted molar refractivity (Wildman–Crippen MR) is 190 cm³/mol. The first-order valence-corrected chi connectivity index (χ1v) is 15.8. The van der Waals surface area contributed by atoms with Crippen molar-refractivity contribution in [1.82, 2.24) is 19.4 Å². The van der Waals surface area contributed by atoms with Crippen LogP contribution in [0.1, 0.15) is 42.5 Å². The number of hydrogen-bond acceptors (Lipinski definition) is 7. The number of ether oxygens (including phenoxy) is 3. The van der Waals surface area contributed by atoms with Crippen LogP contribution in [0.4, 0.5) is 11.4 Å². The average Bonchev–Trinajstić information content (AvgIpc) is 3.67. The Kier molecular flexibility index (Phi) is 12.1. The molecule has 0 aliphatic rings. The number of para-hydroxylation sites is 1. The van der Waals surface area contributed by atoms with Gasteiger partial charge in [-0.25, -0.2) is 0 Å². The van der Waals surface area contributed by atoms with Crippen LogP contribution in [0.3, 0.4) is 0 Å². The molecule has 0 spiro atoms. The molecule has 3 heterocycles. The Morgan fingerprint density at radius 3 is 2.04 bits per heavy atom. The first kappa shape index (κ1) is 34.8. The van der Waals surface area contributed by atoms with E-state index >= 15 is 0 Å². The molecule has 0 unspecified atom stereocenters. The summed E-state index contributed by atoms with van der Waals surface area (Å²) < 4.78 is 19.0. The van der Waals surface area contributed by atoms with Crippen LogP contribution in [0.5, 0.6) is 0 Å². The Morgan fingerprint density at radius 1 is 0.714 bits per heavy atom. The SMILES string of the molecule is COCCOCCOCCNC(=O)c1cc(NC(=O)c2cc(NC(=O)c3ccc(/C=C/c4cnc5ccccc5c4)cc3)cn2C)cn1C. The van der Waals surface area contributed by atoms with E-state index in [1.807, 2.05) is 54.7 Å². The van der Waals surface area contributed by atoms with Crippen molar-refractivity contribution in [3.8, 4) is 0 Å². The molecule has 0 saturated heterocycles. The number of rotatable bonds is 16. The van der Waals surface area contributed by atoms with Crippen molar-refractivity contribution >= 4 is 52.2 Å². The van der Waals surface area contributed by atoms with Gasteiger partial charge >= 0.3 is 0 Å². The summed E-state index contributed by atoms with van der Waals surface area (Å²) in [5.41, 5.74) is 4.99. The lowest BCUT2D eigenvalue weighted by molar-refractivity contribution is 0.0255. The highest BCUT2D eigenvalue weighted by Gasteiger charge is 2.17. The molecule has 3 aromatic heterocycles. The normalized spacial score (nSPS) is 11.2. The van der Waals surface area contributed by atoms with Gasteiger partial charge in [-0.2, -0.15) is 0 Å². The number of hydrogen-bond donors (Lipinski definition) is 3. The number of pyridine rings is 1. The third-order valence-corrected chi connectivity index (χ3v) is 7.58.